The van der Waals surface area contributed by atoms with E-state index in [1.165, 1.54) is 0 Å². The van der Waals surface area contributed by atoms with Gasteiger partial charge >= 0.3 is 12.0 Å². The summed E-state index contributed by atoms with van der Waals surface area (Å²) in [5.41, 5.74) is 0.721. The normalized spacial score (nSPS) is 25.8. The van der Waals surface area contributed by atoms with E-state index in [-0.39, 0.29) is 23.9 Å². The molecule has 1 saturated carbocycles. The fourth-order valence-electron chi connectivity index (χ4n) is 3.58. The van der Waals surface area contributed by atoms with Gasteiger partial charge in [0.05, 0.1) is 5.92 Å². The molecule has 26 heavy (non-hydrogen) atoms. The Morgan fingerprint density at radius 3 is 2.50 bits per heavy atom. The highest BCUT2D eigenvalue weighted by atomic mass is 35.5. The number of nitrogens with zero attached hydrogens (tertiary/aromatic N) is 1. The van der Waals surface area contributed by atoms with E-state index in [4.69, 9.17) is 16.7 Å². The van der Waals surface area contributed by atoms with Crippen molar-refractivity contribution < 1.29 is 19.5 Å². The third-order valence-corrected chi connectivity index (χ3v) is 5.28. The number of carbonyl (C=O) groups excluding carboxylic acids is 2. The smallest absolute Gasteiger partial charge is 0.315 e. The van der Waals surface area contributed by atoms with Crippen LogP contribution in [-0.2, 0) is 9.59 Å². The number of amides is 3. The van der Waals surface area contributed by atoms with Gasteiger partial charge in [-0.05, 0) is 50.3 Å². The molecule has 140 valence electrons. The van der Waals surface area contributed by atoms with Crippen LogP contribution in [0.25, 0.3) is 0 Å². The summed E-state index contributed by atoms with van der Waals surface area (Å²) in [5.74, 6) is -1.25. The molecule has 1 aliphatic heterocycles. The SMILES string of the molecule is O=C(NC1CCC(C(=O)O)CC1)NC1CCN(c2cccc(Cl)c2)C1=O. The van der Waals surface area contributed by atoms with Crippen LogP contribution < -0.4 is 15.5 Å². The summed E-state index contributed by atoms with van der Waals surface area (Å²) in [6.07, 6.45) is 2.93. The topological polar surface area (TPSA) is 98.7 Å². The van der Waals surface area contributed by atoms with Crippen LogP contribution in [0.5, 0.6) is 0 Å². The molecule has 0 spiro atoms. The number of carboxylic acids is 1. The van der Waals surface area contributed by atoms with Crippen molar-refractivity contribution in [1.82, 2.24) is 10.6 Å². The first kappa shape index (κ1) is 18.5. The molecule has 1 atom stereocenters. The second kappa shape index (κ2) is 7.95. The third-order valence-electron chi connectivity index (χ3n) is 5.04. The standard InChI is InChI=1S/C18H22ClN3O4/c19-12-2-1-3-14(10-12)22-9-8-15(16(22)23)21-18(26)20-13-6-4-11(5-7-13)17(24)25/h1-3,10-11,13,15H,4-9H2,(H,24,25)(H2,20,21,26). The summed E-state index contributed by atoms with van der Waals surface area (Å²) in [7, 11) is 0. The van der Waals surface area contributed by atoms with Gasteiger partial charge in [-0.1, -0.05) is 17.7 Å². The van der Waals surface area contributed by atoms with Crippen molar-refractivity contribution in [2.75, 3.05) is 11.4 Å². The van der Waals surface area contributed by atoms with Crippen molar-refractivity contribution in [3.05, 3.63) is 29.3 Å². The number of benzene rings is 1. The Kier molecular flexibility index (Phi) is 5.66. The zero-order valence-electron chi connectivity index (χ0n) is 14.3. The number of carboxylic acid groups (broad SMARTS) is 1. The van der Waals surface area contributed by atoms with Crippen LogP contribution >= 0.6 is 11.6 Å². The van der Waals surface area contributed by atoms with Gasteiger partial charge < -0.3 is 20.6 Å². The fourth-order valence-corrected chi connectivity index (χ4v) is 3.77. The maximum absolute atomic E-state index is 12.5. The van der Waals surface area contributed by atoms with Crippen LogP contribution in [0.4, 0.5) is 10.5 Å². The van der Waals surface area contributed by atoms with Gasteiger partial charge in [0.1, 0.15) is 6.04 Å². The van der Waals surface area contributed by atoms with Gasteiger partial charge in [-0.3, -0.25) is 9.59 Å². The summed E-state index contributed by atoms with van der Waals surface area (Å²) in [5, 5.41) is 15.2. The highest BCUT2D eigenvalue weighted by molar-refractivity contribution is 6.31. The average molecular weight is 380 g/mol. The molecule has 1 aromatic rings. The Morgan fingerprint density at radius 2 is 1.85 bits per heavy atom. The third kappa shape index (κ3) is 4.27. The molecule has 3 rings (SSSR count). The second-order valence-electron chi connectivity index (χ2n) is 6.82. The molecule has 2 fully saturated rings. The zero-order chi connectivity index (χ0) is 18.7. The fraction of sp³-hybridized carbons (Fsp3) is 0.500. The van der Waals surface area contributed by atoms with Gasteiger partial charge in [-0.25, -0.2) is 4.79 Å². The molecular formula is C18H22ClN3O4. The molecule has 1 unspecified atom stereocenters. The predicted molar refractivity (Wildman–Crippen MR) is 97.3 cm³/mol. The monoisotopic (exact) mass is 379 g/mol. The number of nitrogens with one attached hydrogen (secondary N) is 2. The minimum atomic E-state index is -0.773. The van der Waals surface area contributed by atoms with Gasteiger partial charge in [0.2, 0.25) is 5.91 Å². The number of urea groups is 1. The van der Waals surface area contributed by atoms with Crippen LogP contribution in [0.15, 0.2) is 24.3 Å². The van der Waals surface area contributed by atoms with Crippen LogP contribution in [-0.4, -0.2) is 41.6 Å². The highest BCUT2D eigenvalue weighted by Gasteiger charge is 2.34. The Hall–Kier alpha value is -2.28. The Balaban J connectivity index is 1.49. The van der Waals surface area contributed by atoms with Gasteiger partial charge in [0.25, 0.3) is 0 Å². The lowest BCUT2D eigenvalue weighted by molar-refractivity contribution is -0.142. The number of halogens is 1. The molecule has 1 aromatic carbocycles. The van der Waals surface area contributed by atoms with E-state index >= 15 is 0 Å². The van der Waals surface area contributed by atoms with Crippen LogP contribution in [0.2, 0.25) is 5.02 Å². The van der Waals surface area contributed by atoms with E-state index in [2.05, 4.69) is 10.6 Å². The number of hydrogen-bond acceptors (Lipinski definition) is 3. The average Bonchev–Trinajstić information content (AvgIpc) is 2.96. The molecular weight excluding hydrogens is 358 g/mol. The van der Waals surface area contributed by atoms with Gasteiger partial charge in [-0.15, -0.1) is 0 Å². The first-order valence-corrected chi connectivity index (χ1v) is 9.18. The molecule has 0 aromatic heterocycles. The molecule has 7 nitrogen and oxygen atoms in total. The van der Waals surface area contributed by atoms with E-state index in [1.807, 2.05) is 6.07 Å². The zero-order valence-corrected chi connectivity index (χ0v) is 15.0. The molecule has 3 N–H and O–H groups in total. The lowest BCUT2D eigenvalue weighted by Crippen LogP contribution is -2.49. The molecule has 2 aliphatic rings. The number of aliphatic carboxylic acids is 1. The lowest BCUT2D eigenvalue weighted by atomic mass is 9.86. The van der Waals surface area contributed by atoms with Crippen molar-refractivity contribution in [2.24, 2.45) is 5.92 Å². The first-order chi connectivity index (χ1) is 12.4. The quantitative estimate of drug-likeness (QED) is 0.748. The minimum absolute atomic E-state index is 0.0499. The predicted octanol–water partition coefficient (Wildman–Crippen LogP) is 2.39. The molecule has 1 saturated heterocycles. The van der Waals surface area contributed by atoms with Gasteiger partial charge in [-0.2, -0.15) is 0 Å². The molecule has 3 amide bonds. The largest absolute Gasteiger partial charge is 0.481 e. The molecule has 8 heteroatoms. The van der Waals surface area contributed by atoms with E-state index in [0.717, 1.165) is 5.69 Å². The Bertz CT molecular complexity index is 703. The number of rotatable bonds is 4. The van der Waals surface area contributed by atoms with Gasteiger partial charge in [0, 0.05) is 23.3 Å². The summed E-state index contributed by atoms with van der Waals surface area (Å²) < 4.78 is 0. The first-order valence-electron chi connectivity index (χ1n) is 8.81. The van der Waals surface area contributed by atoms with Gasteiger partial charge in [0.15, 0.2) is 0 Å². The molecule has 0 radical (unpaired) electrons. The highest BCUT2D eigenvalue weighted by Crippen LogP contribution is 2.25. The summed E-state index contributed by atoms with van der Waals surface area (Å²) in [4.78, 5) is 37.3. The Labute approximate surface area is 156 Å². The van der Waals surface area contributed by atoms with Crippen molar-refractivity contribution in [2.45, 2.75) is 44.2 Å². The maximum Gasteiger partial charge on any atom is 0.315 e. The van der Waals surface area contributed by atoms with E-state index < -0.39 is 12.0 Å². The molecule has 1 heterocycles. The number of carbonyl (C=O) groups is 3. The van der Waals surface area contributed by atoms with Crippen LogP contribution in [0, 0.1) is 5.92 Å². The number of anilines is 1. The van der Waals surface area contributed by atoms with E-state index in [1.54, 1.807) is 23.1 Å². The summed E-state index contributed by atoms with van der Waals surface area (Å²) in [6, 6.07) is 6.07. The second-order valence-corrected chi connectivity index (χ2v) is 7.25. The lowest BCUT2D eigenvalue weighted by Gasteiger charge is -2.27. The summed E-state index contributed by atoms with van der Waals surface area (Å²) in [6.45, 7) is 0.522. The minimum Gasteiger partial charge on any atom is -0.481 e. The summed E-state index contributed by atoms with van der Waals surface area (Å²) >= 11 is 5.98. The van der Waals surface area contributed by atoms with Crippen LogP contribution in [0.1, 0.15) is 32.1 Å². The molecule has 0 bridgehead atoms. The van der Waals surface area contributed by atoms with Crippen molar-refractivity contribution >= 4 is 35.2 Å². The van der Waals surface area contributed by atoms with Crippen molar-refractivity contribution in [3.8, 4) is 0 Å². The Morgan fingerprint density at radius 1 is 1.12 bits per heavy atom. The van der Waals surface area contributed by atoms with Crippen LogP contribution in [0.3, 0.4) is 0 Å². The van der Waals surface area contributed by atoms with Crippen molar-refractivity contribution in [1.29, 1.82) is 0 Å². The maximum atomic E-state index is 12.5. The van der Waals surface area contributed by atoms with E-state index in [9.17, 15) is 14.4 Å². The van der Waals surface area contributed by atoms with Crippen molar-refractivity contribution in [3.63, 3.8) is 0 Å². The van der Waals surface area contributed by atoms with E-state index in [0.29, 0.717) is 43.7 Å². The number of hydrogen-bond donors (Lipinski definition) is 3. The molecule has 1 aliphatic carbocycles.